The van der Waals surface area contributed by atoms with E-state index in [0.717, 1.165) is 6.42 Å². The van der Waals surface area contributed by atoms with Crippen molar-refractivity contribution in [3.63, 3.8) is 0 Å². The minimum Gasteiger partial charge on any atom is -0.0958 e. The molecule has 0 aromatic rings. The Balaban J connectivity index is 5.07. The predicted octanol–water partition coefficient (Wildman–Crippen LogP) is 4.73. The summed E-state index contributed by atoms with van der Waals surface area (Å²) in [4.78, 5) is 0. The first-order chi connectivity index (χ1) is 5.86. The van der Waals surface area contributed by atoms with Crippen molar-refractivity contribution >= 4 is 0 Å². The van der Waals surface area contributed by atoms with Gasteiger partial charge in [-0.25, -0.2) is 0 Å². The maximum Gasteiger partial charge on any atom is -0.0144 e. The fourth-order valence-electron chi connectivity index (χ4n) is 1.56. The molecule has 0 rings (SSSR count). The highest BCUT2D eigenvalue weighted by Crippen LogP contribution is 2.34. The Labute approximate surface area is 83.7 Å². The molecule has 0 spiro atoms. The Morgan fingerprint density at radius 2 is 1.62 bits per heavy atom. The van der Waals surface area contributed by atoms with Gasteiger partial charge in [-0.2, -0.15) is 0 Å². The summed E-state index contributed by atoms with van der Waals surface area (Å²) >= 11 is 0. The van der Waals surface area contributed by atoms with Crippen LogP contribution in [0.15, 0.2) is 23.3 Å². The molecule has 0 bridgehead atoms. The molecule has 0 N–H and O–H groups in total. The molecule has 0 aliphatic heterocycles. The summed E-state index contributed by atoms with van der Waals surface area (Å²) in [7, 11) is 0. The van der Waals surface area contributed by atoms with E-state index in [9.17, 15) is 0 Å². The summed E-state index contributed by atoms with van der Waals surface area (Å²) in [5.41, 5.74) is 4.50. The molecular weight excluding hydrogens is 156 g/mol. The zero-order valence-electron chi connectivity index (χ0n) is 10.1. The predicted molar refractivity (Wildman–Crippen MR) is 61.9 cm³/mol. The fraction of sp³-hybridized carbons (Fsp3) is 0.692. The van der Waals surface area contributed by atoms with Gasteiger partial charge >= 0.3 is 0 Å². The molecule has 0 aromatic carbocycles. The standard InChI is InChI=1S/C13H24/c1-8-12(10(3)4)11(5)13(6,7)9-2/h3,8-9H2,1-2,4-7H3. The van der Waals surface area contributed by atoms with E-state index in [1.165, 1.54) is 23.1 Å². The minimum atomic E-state index is 0.324. The van der Waals surface area contributed by atoms with E-state index in [1.54, 1.807) is 0 Å². The lowest BCUT2D eigenvalue weighted by molar-refractivity contribution is 0.424. The third-order valence-electron chi connectivity index (χ3n) is 3.22. The van der Waals surface area contributed by atoms with Crippen LogP contribution in [0.4, 0.5) is 0 Å². The molecule has 0 atom stereocenters. The summed E-state index contributed by atoms with van der Waals surface area (Å²) in [6.07, 6.45) is 2.29. The third-order valence-corrected chi connectivity index (χ3v) is 3.22. The summed E-state index contributed by atoms with van der Waals surface area (Å²) in [6, 6.07) is 0. The van der Waals surface area contributed by atoms with Crippen LogP contribution in [0.5, 0.6) is 0 Å². The number of hydrogen-bond donors (Lipinski definition) is 0. The van der Waals surface area contributed by atoms with Crippen LogP contribution in [-0.2, 0) is 0 Å². The Morgan fingerprint density at radius 1 is 1.15 bits per heavy atom. The summed E-state index contributed by atoms with van der Waals surface area (Å²) in [5.74, 6) is 0. The van der Waals surface area contributed by atoms with Crippen molar-refractivity contribution in [1.82, 2.24) is 0 Å². The highest BCUT2D eigenvalue weighted by molar-refractivity contribution is 5.33. The molecule has 0 amide bonds. The van der Waals surface area contributed by atoms with Gasteiger partial charge in [-0.15, -0.1) is 0 Å². The molecule has 0 heterocycles. The first-order valence-corrected chi connectivity index (χ1v) is 5.22. The Hall–Kier alpha value is -0.520. The second-order valence-corrected chi connectivity index (χ2v) is 4.47. The van der Waals surface area contributed by atoms with Crippen LogP contribution in [0.25, 0.3) is 0 Å². The van der Waals surface area contributed by atoms with Gasteiger partial charge in [0.15, 0.2) is 0 Å². The first-order valence-electron chi connectivity index (χ1n) is 5.22. The van der Waals surface area contributed by atoms with Crippen molar-refractivity contribution in [3.05, 3.63) is 23.3 Å². The van der Waals surface area contributed by atoms with Crippen molar-refractivity contribution in [1.29, 1.82) is 0 Å². The molecule has 0 heteroatoms. The number of allylic oxidation sites excluding steroid dienone is 3. The average Bonchev–Trinajstić information content (AvgIpc) is 2.05. The van der Waals surface area contributed by atoms with Gasteiger partial charge in [0, 0.05) is 0 Å². The normalized spacial score (nSPS) is 14.0. The van der Waals surface area contributed by atoms with Crippen molar-refractivity contribution < 1.29 is 0 Å². The Kier molecular flexibility index (Phi) is 4.46. The van der Waals surface area contributed by atoms with Crippen molar-refractivity contribution in [2.75, 3.05) is 0 Å². The van der Waals surface area contributed by atoms with Crippen LogP contribution in [0.1, 0.15) is 54.4 Å². The molecule has 0 saturated heterocycles. The van der Waals surface area contributed by atoms with Gasteiger partial charge in [-0.3, -0.25) is 0 Å². The van der Waals surface area contributed by atoms with E-state index in [2.05, 4.69) is 48.1 Å². The van der Waals surface area contributed by atoms with Crippen LogP contribution in [-0.4, -0.2) is 0 Å². The molecular formula is C13H24. The maximum atomic E-state index is 4.04. The second-order valence-electron chi connectivity index (χ2n) is 4.47. The van der Waals surface area contributed by atoms with Gasteiger partial charge in [0.1, 0.15) is 0 Å². The van der Waals surface area contributed by atoms with E-state index in [0.29, 0.717) is 5.41 Å². The van der Waals surface area contributed by atoms with E-state index < -0.39 is 0 Å². The lowest BCUT2D eigenvalue weighted by Crippen LogP contribution is -2.13. The summed E-state index contributed by atoms with van der Waals surface area (Å²) < 4.78 is 0. The van der Waals surface area contributed by atoms with E-state index in [1.807, 2.05) is 0 Å². The van der Waals surface area contributed by atoms with Gasteiger partial charge in [-0.1, -0.05) is 45.4 Å². The highest BCUT2D eigenvalue weighted by Gasteiger charge is 2.20. The SMILES string of the molecule is C=C(C)C(CC)=C(C)C(C)(C)CC. The van der Waals surface area contributed by atoms with Crippen LogP contribution in [0.3, 0.4) is 0 Å². The molecule has 0 aliphatic rings. The molecule has 0 unspecified atom stereocenters. The molecule has 76 valence electrons. The molecule has 0 radical (unpaired) electrons. The number of hydrogen-bond acceptors (Lipinski definition) is 0. The quantitative estimate of drug-likeness (QED) is 0.549. The highest BCUT2D eigenvalue weighted by atomic mass is 14.2. The lowest BCUT2D eigenvalue weighted by atomic mass is 9.78. The number of rotatable bonds is 4. The zero-order valence-corrected chi connectivity index (χ0v) is 10.1. The van der Waals surface area contributed by atoms with Gasteiger partial charge < -0.3 is 0 Å². The fourth-order valence-corrected chi connectivity index (χ4v) is 1.56. The molecule has 0 aliphatic carbocycles. The van der Waals surface area contributed by atoms with Gasteiger partial charge in [0.25, 0.3) is 0 Å². The van der Waals surface area contributed by atoms with Crippen molar-refractivity contribution in [3.8, 4) is 0 Å². The van der Waals surface area contributed by atoms with Crippen LogP contribution in [0, 0.1) is 5.41 Å². The molecule has 0 fully saturated rings. The Morgan fingerprint density at radius 3 is 1.85 bits per heavy atom. The third kappa shape index (κ3) is 3.02. The van der Waals surface area contributed by atoms with E-state index >= 15 is 0 Å². The zero-order chi connectivity index (χ0) is 10.6. The van der Waals surface area contributed by atoms with E-state index in [-0.39, 0.29) is 0 Å². The van der Waals surface area contributed by atoms with Crippen molar-refractivity contribution in [2.24, 2.45) is 5.41 Å². The van der Waals surface area contributed by atoms with Gasteiger partial charge in [0.2, 0.25) is 0 Å². The van der Waals surface area contributed by atoms with Crippen LogP contribution >= 0.6 is 0 Å². The van der Waals surface area contributed by atoms with Crippen molar-refractivity contribution in [2.45, 2.75) is 54.4 Å². The van der Waals surface area contributed by atoms with Gasteiger partial charge in [0.05, 0.1) is 0 Å². The van der Waals surface area contributed by atoms with Gasteiger partial charge in [-0.05, 0) is 37.7 Å². The average molecular weight is 180 g/mol. The lowest BCUT2D eigenvalue weighted by Gasteiger charge is -2.27. The van der Waals surface area contributed by atoms with Crippen LogP contribution in [0.2, 0.25) is 0 Å². The second kappa shape index (κ2) is 4.64. The first kappa shape index (κ1) is 12.5. The molecule has 0 aromatic heterocycles. The van der Waals surface area contributed by atoms with Crippen LogP contribution < -0.4 is 0 Å². The molecule has 0 nitrogen and oxygen atoms in total. The smallest absolute Gasteiger partial charge is 0.0144 e. The largest absolute Gasteiger partial charge is 0.0958 e. The summed E-state index contributed by atoms with van der Waals surface area (Å²) in [5, 5.41) is 0. The maximum absolute atomic E-state index is 4.04. The van der Waals surface area contributed by atoms with E-state index in [4.69, 9.17) is 0 Å². The molecule has 13 heavy (non-hydrogen) atoms. The Bertz CT molecular complexity index is 216. The monoisotopic (exact) mass is 180 g/mol. The molecule has 0 saturated carbocycles. The summed E-state index contributed by atoms with van der Waals surface area (Å²) in [6.45, 7) is 17.5. The topological polar surface area (TPSA) is 0 Å². The minimum absolute atomic E-state index is 0.324.